The third-order valence-electron chi connectivity index (χ3n) is 5.53. The van der Waals surface area contributed by atoms with E-state index < -0.39 is 18.2 Å². The number of hydrogen-bond acceptors (Lipinski definition) is 5. The third kappa shape index (κ3) is 6.55. The number of nitrogens with one attached hydrogen (secondary N) is 1. The van der Waals surface area contributed by atoms with Crippen LogP contribution < -0.4 is 10.1 Å². The predicted octanol–water partition coefficient (Wildman–Crippen LogP) is 2.65. The monoisotopic (exact) mass is 564 g/mol. The molecule has 0 saturated heterocycles. The average Bonchev–Trinajstić information content (AvgIpc) is 2.84. The van der Waals surface area contributed by atoms with Crippen molar-refractivity contribution in [2.75, 3.05) is 13.2 Å². The van der Waals surface area contributed by atoms with Gasteiger partial charge in [-0.1, -0.05) is 49.4 Å². The molecule has 3 atom stereocenters. The summed E-state index contributed by atoms with van der Waals surface area (Å²) in [5.74, 6) is 0.125. The van der Waals surface area contributed by atoms with Gasteiger partial charge in [0.15, 0.2) is 0 Å². The van der Waals surface area contributed by atoms with Crippen LogP contribution in [0.4, 0.5) is 0 Å². The molecule has 0 heterocycles. The van der Waals surface area contributed by atoms with E-state index in [0.717, 1.165) is 9.13 Å². The van der Waals surface area contributed by atoms with Gasteiger partial charge >= 0.3 is 0 Å². The molecule has 8 heteroatoms. The number of carbonyl (C=O) groups is 2. The zero-order valence-corrected chi connectivity index (χ0v) is 20.6. The van der Waals surface area contributed by atoms with Gasteiger partial charge in [0.25, 0.3) is 0 Å². The number of ether oxygens (including phenoxy) is 1. The lowest BCUT2D eigenvalue weighted by Crippen LogP contribution is -2.54. The second-order valence-corrected chi connectivity index (χ2v) is 8.97. The number of para-hydroxylation sites is 1. The highest BCUT2D eigenvalue weighted by Crippen LogP contribution is 2.30. The highest BCUT2D eigenvalue weighted by atomic mass is 127. The van der Waals surface area contributed by atoms with Crippen LogP contribution >= 0.6 is 22.6 Å². The van der Waals surface area contributed by atoms with Crippen molar-refractivity contribution in [2.24, 2.45) is 0 Å². The van der Waals surface area contributed by atoms with E-state index >= 15 is 0 Å². The van der Waals surface area contributed by atoms with Crippen molar-refractivity contribution in [3.05, 3.63) is 75.4 Å². The summed E-state index contributed by atoms with van der Waals surface area (Å²) in [6.45, 7) is 2.03. The summed E-state index contributed by atoms with van der Waals surface area (Å²) in [5, 5.41) is 23.1. The van der Waals surface area contributed by atoms with E-state index in [9.17, 15) is 14.7 Å². The van der Waals surface area contributed by atoms with Gasteiger partial charge in [0, 0.05) is 31.5 Å². The van der Waals surface area contributed by atoms with Gasteiger partial charge in [0.2, 0.25) is 11.8 Å². The second kappa shape index (κ2) is 12.2. The van der Waals surface area contributed by atoms with E-state index in [1.54, 1.807) is 24.0 Å². The summed E-state index contributed by atoms with van der Waals surface area (Å²) in [6.07, 6.45) is 0.220. The fraction of sp³-hybridized carbons (Fsp3) is 0.360. The number of aliphatic hydroxyl groups is 2. The predicted molar refractivity (Wildman–Crippen MR) is 133 cm³/mol. The Hall–Kier alpha value is -2.43. The topological polar surface area (TPSA) is 99.1 Å². The summed E-state index contributed by atoms with van der Waals surface area (Å²) >= 11 is 2.15. The van der Waals surface area contributed by atoms with Crippen molar-refractivity contribution in [1.82, 2.24) is 10.2 Å². The lowest BCUT2D eigenvalue weighted by atomic mass is 9.87. The largest absolute Gasteiger partial charge is 0.482 e. The van der Waals surface area contributed by atoms with E-state index in [4.69, 9.17) is 9.84 Å². The van der Waals surface area contributed by atoms with Crippen molar-refractivity contribution >= 4 is 34.4 Å². The maximum atomic E-state index is 12.9. The number of benzene rings is 2. The molecule has 0 radical (unpaired) electrons. The van der Waals surface area contributed by atoms with Crippen LogP contribution in [0, 0.1) is 3.57 Å². The average molecular weight is 564 g/mol. The van der Waals surface area contributed by atoms with E-state index in [-0.39, 0.29) is 37.8 Å². The van der Waals surface area contributed by atoms with Gasteiger partial charge in [-0.05, 0) is 46.4 Å². The Balaban J connectivity index is 1.94. The van der Waals surface area contributed by atoms with Crippen molar-refractivity contribution in [1.29, 1.82) is 0 Å². The molecule has 0 bridgehead atoms. The molecule has 7 nitrogen and oxygen atoms in total. The van der Waals surface area contributed by atoms with E-state index in [1.807, 2.05) is 48.5 Å². The zero-order valence-electron chi connectivity index (χ0n) is 18.5. The van der Waals surface area contributed by atoms with Gasteiger partial charge in [0.1, 0.15) is 18.0 Å². The lowest BCUT2D eigenvalue weighted by molar-refractivity contribution is -0.139. The number of rotatable bonds is 9. The van der Waals surface area contributed by atoms with Gasteiger partial charge in [-0.15, -0.1) is 0 Å². The van der Waals surface area contributed by atoms with Gasteiger partial charge in [-0.3, -0.25) is 9.59 Å². The van der Waals surface area contributed by atoms with Gasteiger partial charge in [-0.2, -0.15) is 0 Å². The molecule has 0 aromatic heterocycles. The number of hydrogen-bond donors (Lipinski definition) is 3. The summed E-state index contributed by atoms with van der Waals surface area (Å²) in [6, 6.07) is 16.3. The molecule has 2 aromatic rings. The number of halogens is 1. The maximum absolute atomic E-state index is 12.9. The van der Waals surface area contributed by atoms with E-state index in [1.165, 1.54) is 0 Å². The van der Waals surface area contributed by atoms with Crippen LogP contribution in [0.5, 0.6) is 5.75 Å². The highest BCUT2D eigenvalue weighted by Gasteiger charge is 2.40. The molecule has 3 rings (SSSR count). The molecule has 176 valence electrons. The maximum Gasteiger partial charge on any atom is 0.247 e. The van der Waals surface area contributed by atoms with Crippen LogP contribution in [0.1, 0.15) is 25.3 Å². The highest BCUT2D eigenvalue weighted by molar-refractivity contribution is 14.1. The third-order valence-corrected chi connectivity index (χ3v) is 6.42. The Kier molecular flexibility index (Phi) is 9.28. The van der Waals surface area contributed by atoms with E-state index in [2.05, 4.69) is 27.9 Å². The minimum Gasteiger partial charge on any atom is -0.482 e. The molecular weight excluding hydrogens is 535 g/mol. The fourth-order valence-corrected chi connectivity index (χ4v) is 4.35. The van der Waals surface area contributed by atoms with Crippen LogP contribution in [0.25, 0.3) is 0 Å². The molecular formula is C25H29IN2O5. The summed E-state index contributed by atoms with van der Waals surface area (Å²) in [4.78, 5) is 27.3. The molecule has 0 fully saturated rings. The van der Waals surface area contributed by atoms with Crippen LogP contribution in [0.3, 0.4) is 0 Å². The Morgan fingerprint density at radius 1 is 1.15 bits per heavy atom. The molecule has 0 spiro atoms. The van der Waals surface area contributed by atoms with Gasteiger partial charge in [0.05, 0.1) is 16.2 Å². The number of nitrogens with zero attached hydrogens (tertiary/aromatic N) is 1. The number of carbonyl (C=O) groups excluding carboxylic acids is 2. The SMILES string of the molecule is CCC(=O)N(Cc1ccccc1)C1CC(C(=O)NCCO)=CC(Oc2ccccc2I)C1O. The summed E-state index contributed by atoms with van der Waals surface area (Å²) in [5.41, 5.74) is 1.35. The van der Waals surface area contributed by atoms with Crippen LogP contribution in [-0.2, 0) is 16.1 Å². The van der Waals surface area contributed by atoms with Crippen LogP contribution in [0.15, 0.2) is 66.2 Å². The van der Waals surface area contributed by atoms with Crippen LogP contribution in [0.2, 0.25) is 0 Å². The molecule has 2 amide bonds. The fourth-order valence-electron chi connectivity index (χ4n) is 3.84. The summed E-state index contributed by atoms with van der Waals surface area (Å²) < 4.78 is 7.00. The number of amides is 2. The van der Waals surface area contributed by atoms with Crippen molar-refractivity contribution in [3.63, 3.8) is 0 Å². The van der Waals surface area contributed by atoms with Crippen molar-refractivity contribution < 1.29 is 24.5 Å². The molecule has 1 aliphatic rings. The first-order valence-electron chi connectivity index (χ1n) is 11.0. The van der Waals surface area contributed by atoms with Crippen LogP contribution in [-0.4, -0.2) is 58.3 Å². The molecule has 3 N–H and O–H groups in total. The lowest BCUT2D eigenvalue weighted by Gasteiger charge is -2.40. The smallest absolute Gasteiger partial charge is 0.247 e. The Morgan fingerprint density at radius 3 is 2.52 bits per heavy atom. The molecule has 0 aliphatic heterocycles. The number of aliphatic hydroxyl groups excluding tert-OH is 2. The normalized spacial score (nSPS) is 20.0. The Bertz CT molecular complexity index is 982. The first-order valence-corrected chi connectivity index (χ1v) is 12.0. The molecule has 0 saturated carbocycles. The van der Waals surface area contributed by atoms with Gasteiger partial charge in [-0.25, -0.2) is 0 Å². The van der Waals surface area contributed by atoms with Gasteiger partial charge < -0.3 is 25.2 Å². The first-order chi connectivity index (χ1) is 15.9. The minimum absolute atomic E-state index is 0.118. The Morgan fingerprint density at radius 2 is 1.85 bits per heavy atom. The molecule has 3 unspecified atom stereocenters. The first kappa shape index (κ1) is 25.2. The quantitative estimate of drug-likeness (QED) is 0.407. The van der Waals surface area contributed by atoms with E-state index in [0.29, 0.717) is 17.9 Å². The molecule has 2 aromatic carbocycles. The van der Waals surface area contributed by atoms with Crippen molar-refractivity contribution in [3.8, 4) is 5.75 Å². The second-order valence-electron chi connectivity index (χ2n) is 7.81. The minimum atomic E-state index is -1.03. The Labute approximate surface area is 207 Å². The zero-order chi connectivity index (χ0) is 23.8. The standard InChI is InChI=1S/C25H29IN2O5/c1-2-23(30)28(16-17-8-4-3-5-9-17)20-14-18(25(32)27-12-13-29)15-22(24(20)31)33-21-11-7-6-10-19(21)26/h3-11,15,20,22,24,29,31H,2,12-14,16H2,1H3,(H,27,32). The molecule has 1 aliphatic carbocycles. The summed E-state index contributed by atoms with van der Waals surface area (Å²) in [7, 11) is 0. The van der Waals surface area contributed by atoms with Crippen molar-refractivity contribution in [2.45, 2.75) is 44.6 Å². The molecule has 33 heavy (non-hydrogen) atoms.